The third-order valence-corrected chi connectivity index (χ3v) is 6.24. The van der Waals surface area contributed by atoms with E-state index < -0.39 is 28.6 Å². The van der Waals surface area contributed by atoms with E-state index in [1.165, 1.54) is 16.7 Å². The second-order valence-electron chi connectivity index (χ2n) is 6.77. The van der Waals surface area contributed by atoms with E-state index in [1.807, 2.05) is 26.0 Å². The predicted molar refractivity (Wildman–Crippen MR) is 88.0 cm³/mol. The normalized spacial score (nSPS) is 26.9. The Bertz CT molecular complexity index is 805. The molecule has 1 unspecified atom stereocenters. The van der Waals surface area contributed by atoms with Gasteiger partial charge in [-0.2, -0.15) is 0 Å². The van der Waals surface area contributed by atoms with Crippen LogP contribution in [0.4, 0.5) is 0 Å². The molecule has 2 saturated heterocycles. The van der Waals surface area contributed by atoms with Gasteiger partial charge in [0.1, 0.15) is 11.4 Å². The minimum absolute atomic E-state index is 0.0334. The molecule has 1 aromatic carbocycles. The van der Waals surface area contributed by atoms with Gasteiger partial charge in [0.2, 0.25) is 0 Å². The van der Waals surface area contributed by atoms with Crippen LogP contribution in [-0.2, 0) is 19.2 Å². The van der Waals surface area contributed by atoms with E-state index in [0.29, 0.717) is 10.6 Å². The molecule has 0 radical (unpaired) electrons. The zero-order valence-corrected chi connectivity index (χ0v) is 14.5. The summed E-state index contributed by atoms with van der Waals surface area (Å²) in [7, 11) is 0. The second kappa shape index (κ2) is 5.32. The molecule has 130 valence electrons. The number of hydroxylamine groups is 2. The largest absolute Gasteiger partial charge is 0.356 e. The number of nitrogens with zero attached hydrogens (tertiary/aromatic N) is 2. The van der Waals surface area contributed by atoms with E-state index in [9.17, 15) is 19.2 Å². The van der Waals surface area contributed by atoms with Gasteiger partial charge in [-0.25, -0.2) is 4.79 Å². The molecule has 25 heavy (non-hydrogen) atoms. The summed E-state index contributed by atoms with van der Waals surface area (Å²) in [4.78, 5) is 55.6. The first-order chi connectivity index (χ1) is 11.8. The van der Waals surface area contributed by atoms with Crippen molar-refractivity contribution >= 4 is 35.5 Å². The van der Waals surface area contributed by atoms with Crippen LogP contribution < -0.4 is 0 Å². The summed E-state index contributed by atoms with van der Waals surface area (Å²) in [6, 6.07) is 6.37. The first kappa shape index (κ1) is 16.1. The van der Waals surface area contributed by atoms with Crippen LogP contribution in [0.1, 0.15) is 48.0 Å². The van der Waals surface area contributed by atoms with Gasteiger partial charge in [-0.15, -0.1) is 16.8 Å². The summed E-state index contributed by atoms with van der Waals surface area (Å²) in [5.41, 5.74) is 1.44. The highest BCUT2D eigenvalue weighted by atomic mass is 32.2. The lowest BCUT2D eigenvalue weighted by atomic mass is 10.0. The topological polar surface area (TPSA) is 84.0 Å². The molecule has 7 nitrogen and oxygen atoms in total. The number of benzene rings is 1. The van der Waals surface area contributed by atoms with Crippen LogP contribution in [0.2, 0.25) is 0 Å². The third kappa shape index (κ3) is 2.27. The molecule has 0 N–H and O–H groups in total. The highest BCUT2D eigenvalue weighted by Crippen LogP contribution is 2.56. The summed E-state index contributed by atoms with van der Waals surface area (Å²) in [6.45, 7) is 3.71. The lowest BCUT2D eigenvalue weighted by Crippen LogP contribution is -2.50. The highest BCUT2D eigenvalue weighted by Gasteiger charge is 2.58. The van der Waals surface area contributed by atoms with E-state index in [1.54, 1.807) is 12.1 Å². The van der Waals surface area contributed by atoms with Gasteiger partial charge in [0.25, 0.3) is 17.7 Å². The number of hydrogen-bond donors (Lipinski definition) is 0. The van der Waals surface area contributed by atoms with Crippen LogP contribution in [-0.4, -0.2) is 44.4 Å². The molecule has 3 aliphatic heterocycles. The Morgan fingerprint density at radius 2 is 1.80 bits per heavy atom. The summed E-state index contributed by atoms with van der Waals surface area (Å²) in [5, 5.41) is 0.255. The zero-order chi connectivity index (χ0) is 17.9. The number of amides is 3. The van der Waals surface area contributed by atoms with Gasteiger partial charge in [-0.3, -0.25) is 14.4 Å². The van der Waals surface area contributed by atoms with E-state index in [0.717, 1.165) is 5.56 Å². The van der Waals surface area contributed by atoms with E-state index in [2.05, 4.69) is 0 Å². The first-order valence-corrected chi connectivity index (χ1v) is 8.86. The van der Waals surface area contributed by atoms with Crippen molar-refractivity contribution in [3.63, 3.8) is 0 Å². The van der Waals surface area contributed by atoms with Crippen molar-refractivity contribution in [2.45, 2.75) is 42.9 Å². The van der Waals surface area contributed by atoms with Gasteiger partial charge in [-0.1, -0.05) is 18.2 Å². The molecule has 0 aromatic heterocycles. The average Bonchev–Trinajstić information content (AvgIpc) is 3.12. The lowest BCUT2D eigenvalue weighted by molar-refractivity contribution is -0.201. The van der Waals surface area contributed by atoms with Crippen molar-refractivity contribution < 1.29 is 24.0 Å². The van der Waals surface area contributed by atoms with Crippen molar-refractivity contribution in [3.05, 3.63) is 35.4 Å². The van der Waals surface area contributed by atoms with Gasteiger partial charge >= 0.3 is 5.97 Å². The Kier molecular flexibility index (Phi) is 3.44. The van der Waals surface area contributed by atoms with Crippen molar-refractivity contribution in [1.29, 1.82) is 0 Å². The number of imide groups is 1. The smallest absolute Gasteiger partial charge is 0.328 e. The summed E-state index contributed by atoms with van der Waals surface area (Å²) in [6.07, 6.45) is 0.0667. The van der Waals surface area contributed by atoms with Crippen molar-refractivity contribution in [1.82, 2.24) is 9.96 Å². The maximum Gasteiger partial charge on any atom is 0.356 e. The number of fused-ring (bicyclic) bond motifs is 3. The molecule has 0 spiro atoms. The molecule has 3 aliphatic rings. The minimum Gasteiger partial charge on any atom is -0.328 e. The fourth-order valence-electron chi connectivity index (χ4n) is 3.56. The fourth-order valence-corrected chi connectivity index (χ4v) is 5.14. The number of carbonyl (C=O) groups excluding carboxylic acids is 4. The second-order valence-corrected chi connectivity index (χ2v) is 8.50. The maximum absolute atomic E-state index is 12.8. The van der Waals surface area contributed by atoms with Crippen molar-refractivity contribution in [3.8, 4) is 0 Å². The van der Waals surface area contributed by atoms with Crippen LogP contribution in [0.5, 0.6) is 0 Å². The molecule has 0 aliphatic carbocycles. The maximum atomic E-state index is 12.8. The molecule has 0 bridgehead atoms. The standard InChI is InChI=1S/C17H16N2O5S/c1-17(2)13(16(23)24-19-11(20)7-8-12(19)21)18-14(22)9-5-3-4-6-10(9)15(18)25-17/h3-6,13,15H,7-8H2,1-2H3/t13-,15?/m1/s1. The third-order valence-electron chi connectivity index (χ3n) is 4.71. The molecule has 0 saturated carbocycles. The van der Waals surface area contributed by atoms with Crippen LogP contribution >= 0.6 is 11.8 Å². The molecule has 8 heteroatoms. The molecule has 1 aromatic rings. The Balaban J connectivity index is 1.65. The highest BCUT2D eigenvalue weighted by molar-refractivity contribution is 8.01. The van der Waals surface area contributed by atoms with Gasteiger partial charge in [0.15, 0.2) is 0 Å². The van der Waals surface area contributed by atoms with Gasteiger partial charge in [-0.05, 0) is 25.5 Å². The molecular formula is C17H16N2O5S. The van der Waals surface area contributed by atoms with Crippen molar-refractivity contribution in [2.75, 3.05) is 0 Å². The Morgan fingerprint density at radius 3 is 2.48 bits per heavy atom. The number of hydrogen-bond acceptors (Lipinski definition) is 6. The van der Waals surface area contributed by atoms with Crippen LogP contribution in [0.3, 0.4) is 0 Å². The minimum atomic E-state index is -0.886. The van der Waals surface area contributed by atoms with Crippen LogP contribution in [0.25, 0.3) is 0 Å². The number of carbonyl (C=O) groups is 4. The summed E-state index contributed by atoms with van der Waals surface area (Å²) >= 11 is 1.50. The van der Waals surface area contributed by atoms with Gasteiger partial charge < -0.3 is 9.74 Å². The fraction of sp³-hybridized carbons (Fsp3) is 0.412. The van der Waals surface area contributed by atoms with Crippen molar-refractivity contribution in [2.24, 2.45) is 0 Å². The van der Waals surface area contributed by atoms with Gasteiger partial charge in [0.05, 0.1) is 0 Å². The Hall–Kier alpha value is -2.35. The Labute approximate surface area is 148 Å². The van der Waals surface area contributed by atoms with Crippen LogP contribution in [0.15, 0.2) is 24.3 Å². The van der Waals surface area contributed by atoms with E-state index >= 15 is 0 Å². The number of rotatable bonds is 2. The summed E-state index contributed by atoms with van der Waals surface area (Å²) in [5.74, 6) is -2.06. The predicted octanol–water partition coefficient (Wildman–Crippen LogP) is 1.64. The number of thioether (sulfide) groups is 1. The zero-order valence-electron chi connectivity index (χ0n) is 13.7. The summed E-state index contributed by atoms with van der Waals surface area (Å²) < 4.78 is -0.614. The average molecular weight is 360 g/mol. The van der Waals surface area contributed by atoms with Gasteiger partial charge in [0, 0.05) is 23.2 Å². The van der Waals surface area contributed by atoms with E-state index in [4.69, 9.17) is 4.84 Å². The monoisotopic (exact) mass is 360 g/mol. The van der Waals surface area contributed by atoms with E-state index in [-0.39, 0.29) is 24.1 Å². The molecule has 2 fully saturated rings. The quantitative estimate of drug-likeness (QED) is 0.746. The Morgan fingerprint density at radius 1 is 1.16 bits per heavy atom. The molecule has 3 amide bonds. The first-order valence-electron chi connectivity index (χ1n) is 7.98. The molecular weight excluding hydrogens is 344 g/mol. The lowest BCUT2D eigenvalue weighted by Gasteiger charge is -2.29. The molecule has 2 atom stereocenters. The van der Waals surface area contributed by atoms with Crippen LogP contribution in [0, 0.1) is 0 Å². The molecule has 4 rings (SSSR count). The SMILES string of the molecule is CC1(C)SC2c3ccccc3C(=O)N2[C@@H]1C(=O)ON1C(=O)CCC1=O. The molecule has 3 heterocycles.